The number of piperidine rings is 1. The number of aliphatic hydroxyl groups excluding tert-OH is 2. The van der Waals surface area contributed by atoms with Crippen LogP contribution in [0.4, 0.5) is 11.6 Å². The number of halogens is 1. The Hall–Kier alpha value is -1.61. The molecule has 3 aliphatic rings. The van der Waals surface area contributed by atoms with Gasteiger partial charge in [-0.1, -0.05) is 36.2 Å². The predicted octanol–water partition coefficient (Wildman–Crippen LogP) is 4.82. The van der Waals surface area contributed by atoms with Crippen LogP contribution in [0.1, 0.15) is 62.8 Å². The molecule has 7 nitrogen and oxygen atoms in total. The summed E-state index contributed by atoms with van der Waals surface area (Å²) in [4.78, 5) is 17.0. The molecule has 0 bridgehead atoms. The van der Waals surface area contributed by atoms with Crippen molar-refractivity contribution in [1.29, 1.82) is 0 Å². The van der Waals surface area contributed by atoms with Crippen LogP contribution in [0.5, 0.6) is 0 Å². The van der Waals surface area contributed by atoms with Gasteiger partial charge < -0.3 is 20.4 Å². The molecule has 3 fully saturated rings. The van der Waals surface area contributed by atoms with E-state index in [1.54, 1.807) is 13.2 Å². The molecule has 2 aromatic rings. The van der Waals surface area contributed by atoms with Crippen LogP contribution in [-0.2, 0) is 6.61 Å². The SMILES string of the molecule is CNc1nccc(Sc2nc(CO)c(N3CCC4(CCCC4)CC3)nc2C)c1Cl.OC1CC1. The fourth-order valence-corrected chi connectivity index (χ4v) is 5.85. The van der Waals surface area contributed by atoms with Crippen LogP contribution in [0.25, 0.3) is 0 Å². The maximum atomic E-state index is 9.99. The smallest absolute Gasteiger partial charge is 0.153 e. The first-order valence-electron chi connectivity index (χ1n) is 11.9. The van der Waals surface area contributed by atoms with Crippen LogP contribution in [-0.4, -0.2) is 51.4 Å². The number of hydrogen-bond donors (Lipinski definition) is 3. The van der Waals surface area contributed by atoms with Crippen molar-refractivity contribution in [3.8, 4) is 0 Å². The minimum atomic E-state index is -0.121. The lowest BCUT2D eigenvalue weighted by atomic mass is 9.77. The molecule has 0 amide bonds. The standard InChI is InChI=1S/C21H28ClN5OS.C3H6O/c1-14-20(29-16-5-10-24-18(23-2)17(16)22)26-15(13-28)19(25-14)27-11-8-21(9-12-27)6-3-4-7-21;4-3-1-2-3/h5,10,28H,3-4,6-9,11-13H2,1-2H3,(H,23,24);3-4H,1-2H2. The minimum absolute atomic E-state index is 0.0833. The number of nitrogens with one attached hydrogen (secondary N) is 1. The first-order chi connectivity index (χ1) is 15.9. The zero-order valence-corrected chi connectivity index (χ0v) is 21.1. The van der Waals surface area contributed by atoms with Crippen LogP contribution >= 0.6 is 23.4 Å². The number of aryl methyl sites for hydroxylation is 1. The fraction of sp³-hybridized carbons (Fsp3) is 0.625. The van der Waals surface area contributed by atoms with E-state index >= 15 is 0 Å². The Balaban J connectivity index is 0.000000586. The largest absolute Gasteiger partial charge is 0.393 e. The molecule has 2 aliphatic carbocycles. The van der Waals surface area contributed by atoms with Crippen LogP contribution in [0.15, 0.2) is 22.2 Å². The van der Waals surface area contributed by atoms with E-state index in [9.17, 15) is 5.11 Å². The van der Waals surface area contributed by atoms with Crippen LogP contribution in [0, 0.1) is 12.3 Å². The molecule has 3 N–H and O–H groups in total. The van der Waals surface area contributed by atoms with Crippen molar-refractivity contribution < 1.29 is 10.2 Å². The van der Waals surface area contributed by atoms with E-state index in [4.69, 9.17) is 26.7 Å². The molecule has 1 aliphatic heterocycles. The van der Waals surface area contributed by atoms with Gasteiger partial charge in [0, 0.05) is 31.2 Å². The van der Waals surface area contributed by atoms with E-state index in [1.807, 2.05) is 13.0 Å². The number of aliphatic hydroxyl groups is 2. The Labute approximate surface area is 205 Å². The van der Waals surface area contributed by atoms with Gasteiger partial charge in [0.05, 0.1) is 23.4 Å². The van der Waals surface area contributed by atoms with E-state index in [2.05, 4.69) is 15.2 Å². The molecule has 1 spiro atoms. The number of aromatic nitrogens is 3. The third-order valence-corrected chi connectivity index (χ3v) is 8.49. The summed E-state index contributed by atoms with van der Waals surface area (Å²) in [6, 6.07) is 1.87. The summed E-state index contributed by atoms with van der Waals surface area (Å²) in [7, 11) is 1.79. The summed E-state index contributed by atoms with van der Waals surface area (Å²) in [5.74, 6) is 1.47. The third-order valence-electron chi connectivity index (χ3n) is 6.86. The average molecular weight is 492 g/mol. The van der Waals surface area contributed by atoms with Crippen molar-refractivity contribution in [3.05, 3.63) is 28.7 Å². The number of hydrogen-bond acceptors (Lipinski definition) is 8. The molecule has 9 heteroatoms. The van der Waals surface area contributed by atoms with Gasteiger partial charge in [0.15, 0.2) is 5.82 Å². The Kier molecular flexibility index (Phi) is 7.99. The normalized spacial score (nSPS) is 19.4. The van der Waals surface area contributed by atoms with Gasteiger partial charge in [0.1, 0.15) is 16.5 Å². The topological polar surface area (TPSA) is 94.4 Å². The van der Waals surface area contributed by atoms with Crippen molar-refractivity contribution >= 4 is 35.0 Å². The molecule has 2 saturated carbocycles. The van der Waals surface area contributed by atoms with Crippen molar-refractivity contribution in [2.75, 3.05) is 30.4 Å². The van der Waals surface area contributed by atoms with E-state index in [1.165, 1.54) is 50.3 Å². The fourth-order valence-electron chi connectivity index (χ4n) is 4.66. The van der Waals surface area contributed by atoms with E-state index in [-0.39, 0.29) is 12.7 Å². The average Bonchev–Trinajstić information content (AvgIpc) is 3.48. The summed E-state index contributed by atoms with van der Waals surface area (Å²) in [5.41, 5.74) is 2.04. The van der Waals surface area contributed by atoms with Crippen LogP contribution in [0.3, 0.4) is 0 Å². The lowest BCUT2D eigenvalue weighted by Gasteiger charge is -2.40. The zero-order chi connectivity index (χ0) is 23.4. The van der Waals surface area contributed by atoms with Crippen molar-refractivity contribution in [2.45, 2.75) is 80.9 Å². The maximum absolute atomic E-state index is 9.99. The Bertz CT molecular complexity index is 956. The Morgan fingerprint density at radius 1 is 1.18 bits per heavy atom. The van der Waals surface area contributed by atoms with Crippen molar-refractivity contribution in [2.24, 2.45) is 5.41 Å². The highest BCUT2D eigenvalue weighted by molar-refractivity contribution is 7.99. The molecule has 0 aromatic carbocycles. The zero-order valence-electron chi connectivity index (χ0n) is 19.5. The number of pyridine rings is 1. The summed E-state index contributed by atoms with van der Waals surface area (Å²) in [6.45, 7) is 3.84. The van der Waals surface area contributed by atoms with E-state index in [0.29, 0.717) is 21.9 Å². The maximum Gasteiger partial charge on any atom is 0.153 e. The molecule has 0 unspecified atom stereocenters. The molecule has 3 heterocycles. The van der Waals surface area contributed by atoms with Gasteiger partial charge in [0.2, 0.25) is 0 Å². The predicted molar refractivity (Wildman–Crippen MR) is 133 cm³/mol. The summed E-state index contributed by atoms with van der Waals surface area (Å²) >= 11 is 7.90. The second-order valence-electron chi connectivity index (χ2n) is 9.29. The van der Waals surface area contributed by atoms with Gasteiger partial charge in [0.25, 0.3) is 0 Å². The van der Waals surface area contributed by atoms with Gasteiger partial charge >= 0.3 is 0 Å². The quantitative estimate of drug-likeness (QED) is 0.548. The Morgan fingerprint density at radius 3 is 2.42 bits per heavy atom. The first-order valence-corrected chi connectivity index (χ1v) is 13.1. The first kappa shape index (κ1) is 24.5. The van der Waals surface area contributed by atoms with Gasteiger partial charge in [-0.15, -0.1) is 0 Å². The molecule has 0 atom stereocenters. The van der Waals surface area contributed by atoms with Crippen LogP contribution < -0.4 is 10.2 Å². The molecule has 180 valence electrons. The highest BCUT2D eigenvalue weighted by Crippen LogP contribution is 2.47. The van der Waals surface area contributed by atoms with E-state index < -0.39 is 0 Å². The number of anilines is 2. The molecular formula is C24H34ClN5O2S. The summed E-state index contributed by atoms with van der Waals surface area (Å²) < 4.78 is 0. The second kappa shape index (κ2) is 10.8. The van der Waals surface area contributed by atoms with Gasteiger partial charge in [-0.05, 0) is 56.9 Å². The molecule has 0 radical (unpaired) electrons. The molecule has 33 heavy (non-hydrogen) atoms. The summed E-state index contributed by atoms with van der Waals surface area (Å²) in [5, 5.41) is 22.5. The summed E-state index contributed by atoms with van der Waals surface area (Å²) in [6.07, 6.45) is 11.8. The minimum Gasteiger partial charge on any atom is -0.393 e. The highest BCUT2D eigenvalue weighted by atomic mass is 35.5. The second-order valence-corrected chi connectivity index (χ2v) is 10.7. The highest BCUT2D eigenvalue weighted by Gasteiger charge is 2.37. The molecule has 1 saturated heterocycles. The lowest BCUT2D eigenvalue weighted by molar-refractivity contribution is 0.224. The van der Waals surface area contributed by atoms with E-state index in [0.717, 1.165) is 47.4 Å². The Morgan fingerprint density at radius 2 is 1.85 bits per heavy atom. The number of nitrogens with zero attached hydrogens (tertiary/aromatic N) is 4. The molecule has 5 rings (SSSR count). The molecular weight excluding hydrogens is 458 g/mol. The van der Waals surface area contributed by atoms with Gasteiger partial charge in [-0.25, -0.2) is 15.0 Å². The lowest BCUT2D eigenvalue weighted by Crippen LogP contribution is -2.40. The van der Waals surface area contributed by atoms with Gasteiger partial charge in [-0.3, -0.25) is 0 Å². The third kappa shape index (κ3) is 5.91. The monoisotopic (exact) mass is 491 g/mol. The number of rotatable bonds is 5. The van der Waals surface area contributed by atoms with Crippen LogP contribution in [0.2, 0.25) is 5.02 Å². The molecule has 2 aromatic heterocycles. The van der Waals surface area contributed by atoms with Crippen molar-refractivity contribution in [1.82, 2.24) is 15.0 Å². The van der Waals surface area contributed by atoms with Gasteiger partial charge in [-0.2, -0.15) is 0 Å². The van der Waals surface area contributed by atoms with Crippen molar-refractivity contribution in [3.63, 3.8) is 0 Å².